The summed E-state index contributed by atoms with van der Waals surface area (Å²) in [5.74, 6) is 0.505. The second kappa shape index (κ2) is 3.75. The zero-order valence-corrected chi connectivity index (χ0v) is 10.9. The number of hydrogen-bond acceptors (Lipinski definition) is 4. The van der Waals surface area contributed by atoms with Gasteiger partial charge in [-0.05, 0) is 18.6 Å². The molecule has 0 bridgehead atoms. The molecule has 6 nitrogen and oxygen atoms in total. The Labute approximate surface area is 117 Å². The summed E-state index contributed by atoms with van der Waals surface area (Å²) in [4.78, 5) is 14.2. The summed E-state index contributed by atoms with van der Waals surface area (Å²) < 4.78 is 9.80. The minimum atomic E-state index is -0.632. The van der Waals surface area contributed by atoms with Crippen LogP contribution in [-0.2, 0) is 4.79 Å². The SMILES string of the molecule is [3H]c1nn2ccccc2c1N1CCC2(C1)NC(=C)NC2=O. The molecular weight excluding hydrogens is 254 g/mol. The van der Waals surface area contributed by atoms with Gasteiger partial charge in [-0.25, -0.2) is 4.52 Å². The van der Waals surface area contributed by atoms with Gasteiger partial charge in [0, 0.05) is 12.7 Å². The lowest BCUT2D eigenvalue weighted by Gasteiger charge is -2.22. The lowest BCUT2D eigenvalue weighted by molar-refractivity contribution is -0.123. The van der Waals surface area contributed by atoms with E-state index in [1.54, 1.807) is 4.52 Å². The molecule has 0 radical (unpaired) electrons. The highest BCUT2D eigenvalue weighted by molar-refractivity contribution is 5.92. The van der Waals surface area contributed by atoms with Gasteiger partial charge in [0.25, 0.3) is 5.91 Å². The molecule has 4 heterocycles. The van der Waals surface area contributed by atoms with Crippen molar-refractivity contribution in [1.82, 2.24) is 20.2 Å². The van der Waals surface area contributed by atoms with Crippen LogP contribution in [-0.4, -0.2) is 34.1 Å². The zero-order chi connectivity index (χ0) is 14.6. The number of rotatable bonds is 1. The van der Waals surface area contributed by atoms with Crippen molar-refractivity contribution >= 4 is 17.1 Å². The number of anilines is 1. The van der Waals surface area contributed by atoms with Crippen molar-refractivity contribution in [3.63, 3.8) is 0 Å². The molecule has 1 atom stereocenters. The van der Waals surface area contributed by atoms with E-state index in [4.69, 9.17) is 1.37 Å². The molecule has 2 N–H and O–H groups in total. The molecule has 2 aliphatic heterocycles. The molecule has 2 fully saturated rings. The molecule has 20 heavy (non-hydrogen) atoms. The summed E-state index contributed by atoms with van der Waals surface area (Å²) in [7, 11) is 0. The van der Waals surface area contributed by atoms with E-state index in [-0.39, 0.29) is 12.1 Å². The van der Waals surface area contributed by atoms with Crippen LogP contribution in [0.3, 0.4) is 0 Å². The number of nitrogens with one attached hydrogen (secondary N) is 2. The molecule has 1 unspecified atom stereocenters. The van der Waals surface area contributed by atoms with Gasteiger partial charge in [-0.2, -0.15) is 5.10 Å². The van der Waals surface area contributed by atoms with E-state index in [9.17, 15) is 4.79 Å². The van der Waals surface area contributed by atoms with Crippen LogP contribution in [0.4, 0.5) is 5.69 Å². The summed E-state index contributed by atoms with van der Waals surface area (Å²) in [6.45, 7) is 4.98. The molecule has 2 aromatic heterocycles. The largest absolute Gasteiger partial charge is 0.365 e. The molecule has 0 aliphatic carbocycles. The number of pyridine rings is 1. The van der Waals surface area contributed by atoms with Gasteiger partial charge in [0.15, 0.2) is 0 Å². The predicted octanol–water partition coefficient (Wildman–Crippen LogP) is 0.474. The smallest absolute Gasteiger partial charge is 0.253 e. The summed E-state index contributed by atoms with van der Waals surface area (Å²) in [6, 6.07) is 5.74. The molecule has 0 aromatic carbocycles. The van der Waals surface area contributed by atoms with Crippen molar-refractivity contribution in [3.05, 3.63) is 43.0 Å². The molecule has 0 saturated carbocycles. The van der Waals surface area contributed by atoms with E-state index < -0.39 is 5.54 Å². The van der Waals surface area contributed by atoms with Crippen molar-refractivity contribution in [2.75, 3.05) is 18.0 Å². The minimum Gasteiger partial charge on any atom is -0.365 e. The van der Waals surface area contributed by atoms with Crippen LogP contribution in [0.2, 0.25) is 0 Å². The third kappa shape index (κ3) is 1.44. The van der Waals surface area contributed by atoms with Gasteiger partial charge in [-0.1, -0.05) is 12.6 Å². The fourth-order valence-corrected chi connectivity index (χ4v) is 3.02. The number of carbonyl (C=O) groups is 1. The monoisotopic (exact) mass is 271 g/mol. The quantitative estimate of drug-likeness (QED) is 0.791. The Morgan fingerprint density at radius 1 is 1.50 bits per heavy atom. The molecule has 1 spiro atoms. The fraction of sp³-hybridized carbons (Fsp3) is 0.286. The maximum atomic E-state index is 12.1. The maximum Gasteiger partial charge on any atom is 0.253 e. The highest BCUT2D eigenvalue weighted by Crippen LogP contribution is 2.32. The number of carbonyl (C=O) groups excluding carboxylic acids is 1. The van der Waals surface area contributed by atoms with Crippen LogP contribution in [0.1, 0.15) is 7.79 Å². The minimum absolute atomic E-state index is 0.0435. The zero-order valence-electron chi connectivity index (χ0n) is 11.9. The third-order valence-electron chi connectivity index (χ3n) is 4.02. The summed E-state index contributed by atoms with van der Waals surface area (Å²) >= 11 is 0. The van der Waals surface area contributed by atoms with E-state index in [2.05, 4.69) is 27.2 Å². The summed E-state index contributed by atoms with van der Waals surface area (Å²) in [5.41, 5.74) is 1.03. The van der Waals surface area contributed by atoms with Crippen LogP contribution in [0, 0.1) is 0 Å². The summed E-state index contributed by atoms with van der Waals surface area (Å²) in [5, 5.41) is 10.1. The first kappa shape index (κ1) is 10.3. The normalized spacial score (nSPS) is 26.2. The van der Waals surface area contributed by atoms with Crippen molar-refractivity contribution in [3.8, 4) is 0 Å². The Hall–Kier alpha value is -2.50. The Morgan fingerprint density at radius 2 is 2.40 bits per heavy atom. The average Bonchev–Trinajstić information content (AvgIpc) is 3.06. The lowest BCUT2D eigenvalue weighted by Crippen LogP contribution is -2.48. The highest BCUT2D eigenvalue weighted by atomic mass is 16.2. The Bertz CT molecular complexity index is 770. The van der Waals surface area contributed by atoms with Crippen LogP contribution in [0.5, 0.6) is 0 Å². The first-order valence-corrected chi connectivity index (χ1v) is 6.56. The van der Waals surface area contributed by atoms with Gasteiger partial charge in [0.05, 0.1) is 31.1 Å². The fourth-order valence-electron chi connectivity index (χ4n) is 3.02. The Morgan fingerprint density at radius 3 is 3.20 bits per heavy atom. The van der Waals surface area contributed by atoms with Gasteiger partial charge in [-0.3, -0.25) is 4.79 Å². The van der Waals surface area contributed by atoms with E-state index in [1.165, 1.54) is 0 Å². The second-order valence-corrected chi connectivity index (χ2v) is 5.30. The number of nitrogens with zero attached hydrogens (tertiary/aromatic N) is 3. The maximum absolute atomic E-state index is 12.1. The number of hydrogen-bond donors (Lipinski definition) is 2. The Balaban J connectivity index is 1.73. The van der Waals surface area contributed by atoms with Gasteiger partial charge in [-0.15, -0.1) is 0 Å². The summed E-state index contributed by atoms with van der Waals surface area (Å²) in [6.07, 6.45) is 2.74. The second-order valence-electron chi connectivity index (χ2n) is 5.30. The molecule has 2 aromatic rings. The van der Waals surface area contributed by atoms with Crippen LogP contribution in [0.25, 0.3) is 5.52 Å². The molecule has 102 valence electrons. The first-order valence-electron chi connectivity index (χ1n) is 7.06. The van der Waals surface area contributed by atoms with E-state index in [1.807, 2.05) is 24.4 Å². The van der Waals surface area contributed by atoms with Crippen molar-refractivity contribution in [2.24, 2.45) is 0 Å². The van der Waals surface area contributed by atoms with Crippen LogP contribution >= 0.6 is 0 Å². The van der Waals surface area contributed by atoms with Crippen LogP contribution in [0.15, 0.2) is 43.0 Å². The molecular formula is C14H15N5O. The first-order chi connectivity index (χ1) is 10.1. The molecule has 2 aliphatic rings. The molecule has 6 heteroatoms. The van der Waals surface area contributed by atoms with Crippen molar-refractivity contribution < 1.29 is 6.17 Å². The third-order valence-corrected chi connectivity index (χ3v) is 4.02. The van der Waals surface area contributed by atoms with E-state index in [0.717, 1.165) is 11.2 Å². The van der Waals surface area contributed by atoms with Crippen molar-refractivity contribution in [2.45, 2.75) is 12.0 Å². The van der Waals surface area contributed by atoms with Gasteiger partial charge in [0.1, 0.15) is 5.54 Å². The lowest BCUT2D eigenvalue weighted by atomic mass is 9.99. The van der Waals surface area contributed by atoms with E-state index >= 15 is 0 Å². The Kier molecular flexibility index (Phi) is 1.93. The van der Waals surface area contributed by atoms with Crippen molar-refractivity contribution in [1.29, 1.82) is 0 Å². The van der Waals surface area contributed by atoms with Gasteiger partial charge in [0.2, 0.25) is 0 Å². The highest BCUT2D eigenvalue weighted by Gasteiger charge is 2.49. The number of fused-ring (bicyclic) bond motifs is 1. The van der Waals surface area contributed by atoms with E-state index in [0.29, 0.717) is 25.3 Å². The number of aromatic nitrogens is 2. The van der Waals surface area contributed by atoms with Gasteiger partial charge >= 0.3 is 0 Å². The number of amides is 1. The molecule has 2 saturated heterocycles. The molecule has 4 rings (SSSR count). The standard InChI is InChI=1S/C14H15N5O/c1-10-16-13(20)14(17-10)5-7-18(9-14)12-8-15-19-6-3-2-4-11(12)19/h2-4,6,8,17H,1,5,7,9H2,(H,16,20)/i8T. The van der Waals surface area contributed by atoms with Gasteiger partial charge < -0.3 is 15.5 Å². The van der Waals surface area contributed by atoms with Crippen LogP contribution < -0.4 is 15.5 Å². The molecule has 1 amide bonds. The predicted molar refractivity (Wildman–Crippen MR) is 75.2 cm³/mol. The average molecular weight is 271 g/mol. The topological polar surface area (TPSA) is 61.7 Å².